The highest BCUT2D eigenvalue weighted by Gasteiger charge is 2.94. The predicted molar refractivity (Wildman–Crippen MR) is 64.9 cm³/mol. The number of rotatable bonds is 8. The van der Waals surface area contributed by atoms with E-state index in [4.69, 9.17) is 5.41 Å². The van der Waals surface area contributed by atoms with E-state index < -0.39 is 65.8 Å². The van der Waals surface area contributed by atoms with Gasteiger partial charge in [-0.25, -0.2) is 9.59 Å². The molecule has 0 aromatic heterocycles. The zero-order valence-electron chi connectivity index (χ0n) is 14.1. The molecule has 0 aliphatic rings. The van der Waals surface area contributed by atoms with Crippen LogP contribution in [0.3, 0.4) is 0 Å². The van der Waals surface area contributed by atoms with Crippen LogP contribution in [-0.4, -0.2) is 59.4 Å². The van der Waals surface area contributed by atoms with Crippen LogP contribution in [0, 0.1) is 5.41 Å². The average molecular weight is 497 g/mol. The van der Waals surface area contributed by atoms with Gasteiger partial charge in [-0.1, -0.05) is 6.92 Å². The summed E-state index contributed by atoms with van der Waals surface area (Å²) < 4.78 is 196. The van der Waals surface area contributed by atoms with Gasteiger partial charge < -0.3 is 4.74 Å². The number of carbonyl (C=O) groups is 2. The summed E-state index contributed by atoms with van der Waals surface area (Å²) in [5.41, 5.74) is -1.44. The standard InChI is InChI=1S/C12H6F15NO3/c1-2-3(28)4(29)31-5(30)6(13,14)7(15,16)8(17,18)9(19,20)10(21,22)11(23,24)12(25,26)27/h28H,2H2,1H3. The summed E-state index contributed by atoms with van der Waals surface area (Å²) in [4.78, 5) is 21.7. The molecule has 0 fully saturated rings. The van der Waals surface area contributed by atoms with Crippen LogP contribution in [0.5, 0.6) is 0 Å². The zero-order chi connectivity index (χ0) is 25.6. The summed E-state index contributed by atoms with van der Waals surface area (Å²) >= 11 is 0. The number of carbonyl (C=O) groups excluding carboxylic acids is 2. The second kappa shape index (κ2) is 7.72. The number of ether oxygens (including phenoxy) is 1. The van der Waals surface area contributed by atoms with Crippen molar-refractivity contribution in [1.82, 2.24) is 0 Å². The summed E-state index contributed by atoms with van der Waals surface area (Å²) in [5.74, 6) is -55.8. The molecule has 19 heteroatoms. The Labute approximate surface area is 159 Å². The summed E-state index contributed by atoms with van der Waals surface area (Å²) in [5, 5.41) is 6.71. The van der Waals surface area contributed by atoms with Gasteiger partial charge in [0.1, 0.15) is 5.71 Å². The molecule has 0 rings (SSSR count). The number of nitrogens with one attached hydrogen (secondary N) is 1. The molecule has 0 aromatic rings. The van der Waals surface area contributed by atoms with Gasteiger partial charge in [-0.15, -0.1) is 0 Å². The number of hydrogen-bond donors (Lipinski definition) is 1. The van der Waals surface area contributed by atoms with Crippen LogP contribution in [0.25, 0.3) is 0 Å². The van der Waals surface area contributed by atoms with Crippen LogP contribution in [0.1, 0.15) is 13.3 Å². The quantitative estimate of drug-likeness (QED) is 0.226. The molecular formula is C12H6F15NO3. The van der Waals surface area contributed by atoms with E-state index in [2.05, 4.69) is 4.74 Å². The average Bonchev–Trinajstić information content (AvgIpc) is 2.58. The van der Waals surface area contributed by atoms with Crippen molar-refractivity contribution in [3.8, 4) is 0 Å². The molecule has 0 unspecified atom stereocenters. The molecule has 0 heterocycles. The monoisotopic (exact) mass is 497 g/mol. The Hall–Kier alpha value is -2.24. The molecule has 0 radical (unpaired) electrons. The van der Waals surface area contributed by atoms with Gasteiger partial charge in [0.25, 0.3) is 0 Å². The Morgan fingerprint density at radius 1 is 0.645 bits per heavy atom. The fourth-order valence-corrected chi connectivity index (χ4v) is 1.45. The van der Waals surface area contributed by atoms with Gasteiger partial charge in [0, 0.05) is 0 Å². The predicted octanol–water partition coefficient (Wildman–Crippen LogP) is 4.86. The van der Waals surface area contributed by atoms with Crippen LogP contribution < -0.4 is 0 Å². The van der Waals surface area contributed by atoms with E-state index in [-0.39, 0.29) is 0 Å². The summed E-state index contributed by atoms with van der Waals surface area (Å²) in [7, 11) is 0. The van der Waals surface area contributed by atoms with Crippen molar-refractivity contribution in [2.24, 2.45) is 0 Å². The minimum atomic E-state index is -8.56. The Kier molecular flexibility index (Phi) is 7.16. The van der Waals surface area contributed by atoms with E-state index in [0.29, 0.717) is 0 Å². The summed E-state index contributed by atoms with van der Waals surface area (Å²) in [6.07, 6.45) is -8.50. The molecule has 0 aromatic carbocycles. The second-order valence-electron chi connectivity index (χ2n) is 5.45. The van der Waals surface area contributed by atoms with Crippen molar-refractivity contribution in [1.29, 1.82) is 5.41 Å². The van der Waals surface area contributed by atoms with E-state index >= 15 is 0 Å². The first-order valence-electron chi connectivity index (χ1n) is 6.96. The lowest BCUT2D eigenvalue weighted by molar-refractivity contribution is -0.450. The maximum Gasteiger partial charge on any atom is 0.460 e. The van der Waals surface area contributed by atoms with E-state index in [0.717, 1.165) is 6.92 Å². The molecule has 0 bridgehead atoms. The topological polar surface area (TPSA) is 67.2 Å². The lowest BCUT2D eigenvalue weighted by atomic mass is 9.91. The van der Waals surface area contributed by atoms with Gasteiger partial charge >= 0.3 is 53.7 Å². The SMILES string of the molecule is CCC(=N)C(=O)OC(=O)C(F)(F)C(F)(F)C(F)(F)C(F)(F)C(F)(F)C(F)(F)C(F)(F)F. The third kappa shape index (κ3) is 4.01. The second-order valence-corrected chi connectivity index (χ2v) is 5.45. The van der Waals surface area contributed by atoms with Crippen molar-refractivity contribution < 1.29 is 80.2 Å². The van der Waals surface area contributed by atoms with E-state index in [1.54, 1.807) is 0 Å². The van der Waals surface area contributed by atoms with E-state index in [9.17, 15) is 75.4 Å². The van der Waals surface area contributed by atoms with E-state index in [1.165, 1.54) is 0 Å². The molecule has 0 saturated heterocycles. The lowest BCUT2D eigenvalue weighted by Crippen LogP contribution is -2.73. The molecule has 182 valence electrons. The Bertz CT molecular complexity index is 740. The Morgan fingerprint density at radius 2 is 0.968 bits per heavy atom. The van der Waals surface area contributed by atoms with Gasteiger partial charge in [-0.05, 0) is 6.42 Å². The molecule has 0 amide bonds. The molecule has 0 atom stereocenters. The molecule has 0 aliphatic carbocycles. The third-order valence-corrected chi connectivity index (χ3v) is 3.37. The highest BCUT2D eigenvalue weighted by Crippen LogP contribution is 2.62. The van der Waals surface area contributed by atoms with Gasteiger partial charge in [-0.3, -0.25) is 5.41 Å². The Balaban J connectivity index is 6.47. The summed E-state index contributed by atoms with van der Waals surface area (Å²) in [6.45, 7) is 0.901. The van der Waals surface area contributed by atoms with Crippen molar-refractivity contribution in [2.75, 3.05) is 0 Å². The zero-order valence-corrected chi connectivity index (χ0v) is 14.1. The molecule has 4 nitrogen and oxygen atoms in total. The molecule has 0 saturated carbocycles. The number of alkyl halides is 15. The highest BCUT2D eigenvalue weighted by atomic mass is 19.4. The van der Waals surface area contributed by atoms with Gasteiger partial charge in [-0.2, -0.15) is 65.9 Å². The third-order valence-electron chi connectivity index (χ3n) is 3.37. The molecule has 0 aliphatic heterocycles. The summed E-state index contributed by atoms with van der Waals surface area (Å²) in [6, 6.07) is 0. The molecular weight excluding hydrogens is 491 g/mol. The Morgan fingerprint density at radius 3 is 1.29 bits per heavy atom. The number of hydrogen-bond acceptors (Lipinski definition) is 4. The van der Waals surface area contributed by atoms with Crippen LogP contribution in [-0.2, 0) is 14.3 Å². The number of halogens is 15. The van der Waals surface area contributed by atoms with Crippen LogP contribution in [0.2, 0.25) is 0 Å². The first-order valence-corrected chi connectivity index (χ1v) is 6.96. The van der Waals surface area contributed by atoms with Crippen LogP contribution >= 0.6 is 0 Å². The molecule has 1 N–H and O–H groups in total. The van der Waals surface area contributed by atoms with Crippen molar-refractivity contribution in [3.05, 3.63) is 0 Å². The van der Waals surface area contributed by atoms with Crippen molar-refractivity contribution >= 4 is 17.7 Å². The fourth-order valence-electron chi connectivity index (χ4n) is 1.45. The first-order chi connectivity index (χ1) is 13.3. The maximum absolute atomic E-state index is 13.4. The van der Waals surface area contributed by atoms with Crippen LogP contribution in [0.15, 0.2) is 0 Å². The van der Waals surface area contributed by atoms with Gasteiger partial charge in [0.2, 0.25) is 0 Å². The highest BCUT2D eigenvalue weighted by molar-refractivity contribution is 6.36. The fraction of sp³-hybridized carbons (Fsp3) is 0.750. The van der Waals surface area contributed by atoms with Gasteiger partial charge in [0.15, 0.2) is 0 Å². The van der Waals surface area contributed by atoms with Crippen LogP contribution in [0.4, 0.5) is 65.9 Å². The number of esters is 2. The van der Waals surface area contributed by atoms with E-state index in [1.807, 2.05) is 0 Å². The van der Waals surface area contributed by atoms with Crippen molar-refractivity contribution in [2.45, 2.75) is 55.1 Å². The largest absolute Gasteiger partial charge is 0.460 e. The first kappa shape index (κ1) is 28.8. The molecule has 31 heavy (non-hydrogen) atoms. The van der Waals surface area contributed by atoms with Crippen molar-refractivity contribution in [3.63, 3.8) is 0 Å². The lowest BCUT2D eigenvalue weighted by Gasteiger charge is -2.40. The van der Waals surface area contributed by atoms with Gasteiger partial charge in [0.05, 0.1) is 0 Å². The minimum Gasteiger partial charge on any atom is -0.384 e. The smallest absolute Gasteiger partial charge is 0.384 e. The normalized spacial score (nSPS) is 15.0. The maximum atomic E-state index is 13.4. The molecule has 0 spiro atoms. The minimum absolute atomic E-state index is 0.749.